The number of nitrogens with zero attached hydrogens (tertiary/aromatic N) is 2. The van der Waals surface area contributed by atoms with Crippen LogP contribution in [0.5, 0.6) is 11.5 Å². The number of ketones is 1. The standard InChI is InChI=1S/C20H23N3O4/c1-13(14-2-3-14)23-19(8-9-21-23)22-20(25)7-5-16(24)15-4-6-17-18(12-15)27-11-10-26-17/h4,6,8-9,12-14H,2-3,5,7,10-11H2,1H3,(H,22,25). The number of benzene rings is 1. The Kier molecular flexibility index (Phi) is 4.83. The van der Waals surface area contributed by atoms with Gasteiger partial charge in [0, 0.05) is 24.5 Å². The lowest BCUT2D eigenvalue weighted by Gasteiger charge is -2.18. The van der Waals surface area contributed by atoms with Gasteiger partial charge in [-0.25, -0.2) is 4.68 Å². The van der Waals surface area contributed by atoms with Crippen molar-refractivity contribution in [3.8, 4) is 11.5 Å². The Balaban J connectivity index is 1.33. The topological polar surface area (TPSA) is 82.5 Å². The summed E-state index contributed by atoms with van der Waals surface area (Å²) in [5, 5.41) is 7.20. The minimum Gasteiger partial charge on any atom is -0.486 e. The Morgan fingerprint density at radius 3 is 2.74 bits per heavy atom. The van der Waals surface area contributed by atoms with Gasteiger partial charge in [0.2, 0.25) is 5.91 Å². The number of nitrogens with one attached hydrogen (secondary N) is 1. The number of carbonyl (C=O) groups excluding carboxylic acids is 2. The number of Topliss-reactive ketones (excluding diaryl/α,β-unsaturated/α-hetero) is 1. The van der Waals surface area contributed by atoms with Gasteiger partial charge in [-0.1, -0.05) is 0 Å². The molecule has 0 bridgehead atoms. The average Bonchev–Trinajstić information content (AvgIpc) is 3.44. The molecule has 2 aromatic rings. The predicted molar refractivity (Wildman–Crippen MR) is 99.3 cm³/mol. The Hall–Kier alpha value is -2.83. The molecule has 142 valence electrons. The number of hydrogen-bond acceptors (Lipinski definition) is 5. The van der Waals surface area contributed by atoms with E-state index in [0.717, 1.165) is 0 Å². The van der Waals surface area contributed by atoms with Crippen molar-refractivity contribution in [3.63, 3.8) is 0 Å². The molecule has 1 N–H and O–H groups in total. The number of aromatic nitrogens is 2. The highest BCUT2D eigenvalue weighted by Crippen LogP contribution is 2.40. The van der Waals surface area contributed by atoms with Crippen LogP contribution in [0, 0.1) is 5.92 Å². The van der Waals surface area contributed by atoms with Crippen LogP contribution in [0.4, 0.5) is 5.82 Å². The van der Waals surface area contributed by atoms with E-state index in [0.29, 0.717) is 42.0 Å². The van der Waals surface area contributed by atoms with E-state index >= 15 is 0 Å². The maximum absolute atomic E-state index is 12.4. The van der Waals surface area contributed by atoms with Crippen LogP contribution in [0.2, 0.25) is 0 Å². The van der Waals surface area contributed by atoms with Gasteiger partial charge in [0.05, 0.1) is 12.2 Å². The van der Waals surface area contributed by atoms with Crippen molar-refractivity contribution >= 4 is 17.5 Å². The molecule has 7 nitrogen and oxygen atoms in total. The van der Waals surface area contributed by atoms with Crippen molar-refractivity contribution in [1.82, 2.24) is 9.78 Å². The number of amides is 1. The molecule has 0 radical (unpaired) electrons. The molecule has 7 heteroatoms. The van der Waals surface area contributed by atoms with Crippen molar-refractivity contribution in [2.45, 2.75) is 38.6 Å². The number of anilines is 1. The van der Waals surface area contributed by atoms with Gasteiger partial charge in [-0.3, -0.25) is 9.59 Å². The molecule has 0 spiro atoms. The van der Waals surface area contributed by atoms with Crippen molar-refractivity contribution in [3.05, 3.63) is 36.0 Å². The summed E-state index contributed by atoms with van der Waals surface area (Å²) in [7, 11) is 0. The van der Waals surface area contributed by atoms with E-state index in [9.17, 15) is 9.59 Å². The maximum Gasteiger partial charge on any atom is 0.225 e. The molecule has 1 saturated carbocycles. The molecule has 1 atom stereocenters. The highest BCUT2D eigenvalue weighted by atomic mass is 16.6. The number of rotatable bonds is 7. The molecule has 0 saturated heterocycles. The maximum atomic E-state index is 12.4. The number of carbonyl (C=O) groups is 2. The van der Waals surface area contributed by atoms with E-state index in [-0.39, 0.29) is 30.6 Å². The Morgan fingerprint density at radius 2 is 1.96 bits per heavy atom. The monoisotopic (exact) mass is 369 g/mol. The van der Waals surface area contributed by atoms with Gasteiger partial charge in [0.25, 0.3) is 0 Å². The predicted octanol–water partition coefficient (Wildman–Crippen LogP) is 3.23. The van der Waals surface area contributed by atoms with Crippen molar-refractivity contribution in [2.24, 2.45) is 5.92 Å². The Morgan fingerprint density at radius 1 is 1.19 bits per heavy atom. The number of ether oxygens (including phenoxy) is 2. The summed E-state index contributed by atoms with van der Waals surface area (Å²) in [4.78, 5) is 24.7. The Bertz CT molecular complexity index is 857. The third-order valence-corrected chi connectivity index (χ3v) is 5.07. The fourth-order valence-electron chi connectivity index (χ4n) is 3.31. The molecule has 1 fully saturated rings. The van der Waals surface area contributed by atoms with Crippen LogP contribution in [0.3, 0.4) is 0 Å². The largest absolute Gasteiger partial charge is 0.486 e. The molecular formula is C20H23N3O4. The molecule has 1 unspecified atom stereocenters. The van der Waals surface area contributed by atoms with Crippen LogP contribution in [0.1, 0.15) is 49.0 Å². The smallest absolute Gasteiger partial charge is 0.225 e. The molecule has 1 aromatic carbocycles. The molecule has 1 amide bonds. The first-order valence-electron chi connectivity index (χ1n) is 9.38. The Labute approximate surface area is 157 Å². The van der Waals surface area contributed by atoms with Crippen molar-refractivity contribution < 1.29 is 19.1 Å². The first kappa shape index (κ1) is 17.6. The summed E-state index contributed by atoms with van der Waals surface area (Å²) in [6.07, 6.45) is 4.36. The number of hydrogen-bond donors (Lipinski definition) is 1. The third kappa shape index (κ3) is 3.97. The summed E-state index contributed by atoms with van der Waals surface area (Å²) in [5.41, 5.74) is 0.527. The zero-order valence-electron chi connectivity index (χ0n) is 15.3. The van der Waals surface area contributed by atoms with Crippen LogP contribution in [-0.2, 0) is 4.79 Å². The SMILES string of the molecule is CC(C1CC1)n1nccc1NC(=O)CCC(=O)c1ccc2c(c1)OCCO2. The fourth-order valence-corrected chi connectivity index (χ4v) is 3.31. The highest BCUT2D eigenvalue weighted by molar-refractivity contribution is 6.00. The summed E-state index contributed by atoms with van der Waals surface area (Å²) < 4.78 is 12.8. The summed E-state index contributed by atoms with van der Waals surface area (Å²) in [5.74, 6) is 2.26. The lowest BCUT2D eigenvalue weighted by atomic mass is 10.1. The molecule has 2 heterocycles. The van der Waals surface area contributed by atoms with Gasteiger partial charge in [0.1, 0.15) is 19.0 Å². The van der Waals surface area contributed by atoms with Gasteiger partial charge in [-0.2, -0.15) is 5.10 Å². The molecule has 2 aliphatic rings. The first-order valence-corrected chi connectivity index (χ1v) is 9.38. The summed E-state index contributed by atoms with van der Waals surface area (Å²) in [6.45, 7) is 3.10. The van der Waals surface area contributed by atoms with Crippen LogP contribution >= 0.6 is 0 Å². The van der Waals surface area contributed by atoms with Gasteiger partial charge in [-0.15, -0.1) is 0 Å². The first-order chi connectivity index (χ1) is 13.1. The van der Waals surface area contributed by atoms with E-state index in [4.69, 9.17) is 9.47 Å². The molecule has 27 heavy (non-hydrogen) atoms. The molecule has 4 rings (SSSR count). The minimum atomic E-state index is -0.189. The lowest BCUT2D eigenvalue weighted by Crippen LogP contribution is -2.19. The molecule has 1 aliphatic heterocycles. The number of fused-ring (bicyclic) bond motifs is 1. The van der Waals surface area contributed by atoms with Crippen molar-refractivity contribution in [1.29, 1.82) is 0 Å². The van der Waals surface area contributed by atoms with Crippen LogP contribution in [0.15, 0.2) is 30.5 Å². The second-order valence-electron chi connectivity index (χ2n) is 7.07. The van der Waals surface area contributed by atoms with E-state index in [1.165, 1.54) is 12.8 Å². The van der Waals surface area contributed by atoms with Gasteiger partial charge < -0.3 is 14.8 Å². The van der Waals surface area contributed by atoms with Gasteiger partial charge in [-0.05, 0) is 43.9 Å². The average molecular weight is 369 g/mol. The fraction of sp³-hybridized carbons (Fsp3) is 0.450. The molecular weight excluding hydrogens is 346 g/mol. The van der Waals surface area contributed by atoms with Crippen molar-refractivity contribution in [2.75, 3.05) is 18.5 Å². The third-order valence-electron chi connectivity index (χ3n) is 5.07. The van der Waals surface area contributed by atoms with Crippen LogP contribution in [0.25, 0.3) is 0 Å². The van der Waals surface area contributed by atoms with Crippen LogP contribution in [-0.4, -0.2) is 34.7 Å². The zero-order valence-corrected chi connectivity index (χ0v) is 15.3. The normalized spacial score (nSPS) is 16.6. The second-order valence-corrected chi connectivity index (χ2v) is 7.07. The quantitative estimate of drug-likeness (QED) is 0.758. The molecule has 1 aliphatic carbocycles. The molecule has 1 aromatic heterocycles. The zero-order chi connectivity index (χ0) is 18.8. The lowest BCUT2D eigenvalue weighted by molar-refractivity contribution is -0.116. The minimum absolute atomic E-state index is 0.0954. The van der Waals surface area contributed by atoms with Gasteiger partial charge in [0.15, 0.2) is 17.3 Å². The van der Waals surface area contributed by atoms with E-state index < -0.39 is 0 Å². The second kappa shape index (κ2) is 7.42. The van der Waals surface area contributed by atoms with E-state index in [2.05, 4.69) is 17.3 Å². The van der Waals surface area contributed by atoms with E-state index in [1.54, 1.807) is 30.5 Å². The van der Waals surface area contributed by atoms with Gasteiger partial charge >= 0.3 is 0 Å². The van der Waals surface area contributed by atoms with E-state index in [1.807, 2.05) is 4.68 Å². The van der Waals surface area contributed by atoms with Crippen LogP contribution < -0.4 is 14.8 Å². The summed E-state index contributed by atoms with van der Waals surface area (Å²) >= 11 is 0. The highest BCUT2D eigenvalue weighted by Gasteiger charge is 2.30. The summed E-state index contributed by atoms with van der Waals surface area (Å²) in [6, 6.07) is 7.19.